The lowest BCUT2D eigenvalue weighted by atomic mass is 9.80. The molecule has 7 nitrogen and oxygen atoms in total. The van der Waals surface area contributed by atoms with Gasteiger partial charge in [-0.05, 0) is 36.2 Å². The Morgan fingerprint density at radius 1 is 0.871 bits per heavy atom. The number of fused-ring (bicyclic) bond motifs is 2. The molecular formula is C23H19ClN2O5. The fourth-order valence-electron chi connectivity index (χ4n) is 3.70. The van der Waals surface area contributed by atoms with Gasteiger partial charge in [-0.15, -0.1) is 0 Å². The second-order valence-electron chi connectivity index (χ2n) is 7.19. The molecule has 4 rings (SSSR count). The molecule has 1 aliphatic rings. The fourth-order valence-corrected chi connectivity index (χ4v) is 3.92. The SMILES string of the molecule is CCCOc1ccc(-c2cc(N)c3c(c2O)C(=O)c2c(N)cc(Cl)c(O)c2C3=O)cc1. The highest BCUT2D eigenvalue weighted by Gasteiger charge is 2.39. The van der Waals surface area contributed by atoms with Crippen LogP contribution in [0.25, 0.3) is 11.1 Å². The van der Waals surface area contributed by atoms with E-state index in [4.69, 9.17) is 27.8 Å². The summed E-state index contributed by atoms with van der Waals surface area (Å²) < 4.78 is 5.56. The van der Waals surface area contributed by atoms with Crippen molar-refractivity contribution < 1.29 is 24.5 Å². The van der Waals surface area contributed by atoms with Crippen LogP contribution < -0.4 is 16.2 Å². The van der Waals surface area contributed by atoms with Gasteiger partial charge in [0.05, 0.1) is 33.9 Å². The fraction of sp³-hybridized carbons (Fsp3) is 0.130. The van der Waals surface area contributed by atoms with E-state index in [9.17, 15) is 19.8 Å². The zero-order valence-electron chi connectivity index (χ0n) is 16.5. The van der Waals surface area contributed by atoms with Gasteiger partial charge in [-0.2, -0.15) is 0 Å². The lowest BCUT2D eigenvalue weighted by molar-refractivity contribution is 0.0975. The monoisotopic (exact) mass is 438 g/mol. The number of carbonyl (C=O) groups is 2. The smallest absolute Gasteiger partial charge is 0.200 e. The van der Waals surface area contributed by atoms with E-state index in [1.165, 1.54) is 12.1 Å². The molecule has 0 spiro atoms. The van der Waals surface area contributed by atoms with E-state index in [0.29, 0.717) is 17.9 Å². The Kier molecular flexibility index (Phi) is 4.99. The number of nitrogens with two attached hydrogens (primary N) is 2. The topological polar surface area (TPSA) is 136 Å². The predicted octanol–water partition coefficient (Wildman–Crippen LogP) is 4.15. The van der Waals surface area contributed by atoms with Gasteiger partial charge in [0.15, 0.2) is 0 Å². The zero-order chi connectivity index (χ0) is 22.4. The molecule has 0 bridgehead atoms. The predicted molar refractivity (Wildman–Crippen MR) is 118 cm³/mol. The third-order valence-corrected chi connectivity index (χ3v) is 5.45. The molecule has 0 saturated heterocycles. The van der Waals surface area contributed by atoms with Crippen LogP contribution in [-0.4, -0.2) is 28.4 Å². The summed E-state index contributed by atoms with van der Waals surface area (Å²) in [6, 6.07) is 9.51. The van der Waals surface area contributed by atoms with Gasteiger partial charge in [-0.3, -0.25) is 9.59 Å². The van der Waals surface area contributed by atoms with Crippen LogP contribution in [0, 0.1) is 0 Å². The van der Waals surface area contributed by atoms with Gasteiger partial charge in [0.2, 0.25) is 11.6 Å². The van der Waals surface area contributed by atoms with Crippen LogP contribution in [0.2, 0.25) is 5.02 Å². The molecular weight excluding hydrogens is 420 g/mol. The Morgan fingerprint density at radius 2 is 1.42 bits per heavy atom. The van der Waals surface area contributed by atoms with E-state index in [0.717, 1.165) is 6.42 Å². The largest absolute Gasteiger partial charge is 0.506 e. The van der Waals surface area contributed by atoms with Crippen molar-refractivity contribution in [2.24, 2.45) is 0 Å². The van der Waals surface area contributed by atoms with Crippen LogP contribution in [0.3, 0.4) is 0 Å². The Morgan fingerprint density at radius 3 is 2.00 bits per heavy atom. The molecule has 0 radical (unpaired) electrons. The number of ketones is 2. The molecule has 0 heterocycles. The van der Waals surface area contributed by atoms with E-state index in [1.54, 1.807) is 24.3 Å². The Hall–Kier alpha value is -3.71. The van der Waals surface area contributed by atoms with Gasteiger partial charge in [0.1, 0.15) is 17.2 Å². The molecule has 1 aliphatic carbocycles. The van der Waals surface area contributed by atoms with Gasteiger partial charge in [0, 0.05) is 16.9 Å². The first-order chi connectivity index (χ1) is 14.8. The Balaban J connectivity index is 1.89. The number of hydrogen-bond acceptors (Lipinski definition) is 7. The molecule has 0 aromatic heterocycles. The van der Waals surface area contributed by atoms with Crippen molar-refractivity contribution in [2.75, 3.05) is 18.1 Å². The first kappa shape index (κ1) is 20.6. The van der Waals surface area contributed by atoms with Gasteiger partial charge in [0.25, 0.3) is 0 Å². The number of halogens is 1. The van der Waals surface area contributed by atoms with Crippen LogP contribution >= 0.6 is 11.6 Å². The molecule has 0 fully saturated rings. The maximum absolute atomic E-state index is 13.2. The van der Waals surface area contributed by atoms with Crippen molar-refractivity contribution in [3.05, 3.63) is 63.7 Å². The minimum absolute atomic E-state index is 0.0175. The summed E-state index contributed by atoms with van der Waals surface area (Å²) in [5.41, 5.74) is 11.8. The lowest BCUT2D eigenvalue weighted by Gasteiger charge is -2.23. The normalized spacial score (nSPS) is 12.5. The molecule has 3 aromatic carbocycles. The first-order valence-electron chi connectivity index (χ1n) is 9.55. The summed E-state index contributed by atoms with van der Waals surface area (Å²) in [7, 11) is 0. The third kappa shape index (κ3) is 3.14. The second kappa shape index (κ2) is 7.52. The molecule has 158 valence electrons. The van der Waals surface area contributed by atoms with Crippen LogP contribution in [0.15, 0.2) is 36.4 Å². The number of aromatic hydroxyl groups is 2. The second-order valence-corrected chi connectivity index (χ2v) is 7.60. The van der Waals surface area contributed by atoms with E-state index in [2.05, 4.69) is 0 Å². The summed E-state index contributed by atoms with van der Waals surface area (Å²) in [6.07, 6.45) is 0.866. The number of rotatable bonds is 4. The molecule has 0 amide bonds. The zero-order valence-corrected chi connectivity index (χ0v) is 17.3. The number of nitrogen functional groups attached to an aromatic ring is 2. The number of benzene rings is 3. The van der Waals surface area contributed by atoms with Crippen LogP contribution in [0.5, 0.6) is 17.2 Å². The summed E-state index contributed by atoms with van der Waals surface area (Å²) in [6.45, 7) is 2.57. The minimum atomic E-state index is -0.737. The van der Waals surface area contributed by atoms with Crippen molar-refractivity contribution in [1.29, 1.82) is 0 Å². The molecule has 0 aliphatic heterocycles. The van der Waals surface area contributed by atoms with Crippen LogP contribution in [0.4, 0.5) is 11.4 Å². The third-order valence-electron chi connectivity index (χ3n) is 5.16. The maximum Gasteiger partial charge on any atom is 0.200 e. The molecule has 31 heavy (non-hydrogen) atoms. The lowest BCUT2D eigenvalue weighted by Crippen LogP contribution is -2.24. The minimum Gasteiger partial charge on any atom is -0.506 e. The van der Waals surface area contributed by atoms with E-state index in [1.807, 2.05) is 6.92 Å². The van der Waals surface area contributed by atoms with E-state index >= 15 is 0 Å². The first-order valence-corrected chi connectivity index (χ1v) is 9.93. The highest BCUT2D eigenvalue weighted by atomic mass is 35.5. The Labute approximate surface area is 182 Å². The Bertz CT molecular complexity index is 1250. The summed E-state index contributed by atoms with van der Waals surface area (Å²) in [5, 5.41) is 21.1. The molecule has 0 atom stereocenters. The van der Waals surface area contributed by atoms with Crippen LogP contribution in [0.1, 0.15) is 45.2 Å². The number of carbonyl (C=O) groups excluding carboxylic acids is 2. The number of hydrogen-bond donors (Lipinski definition) is 4. The van der Waals surface area contributed by atoms with Gasteiger partial charge in [-0.25, -0.2) is 0 Å². The quantitative estimate of drug-likeness (QED) is 0.277. The number of ether oxygens (including phenoxy) is 1. The summed E-state index contributed by atoms with van der Waals surface area (Å²) in [5.74, 6) is -1.75. The number of anilines is 2. The van der Waals surface area contributed by atoms with E-state index in [-0.39, 0.29) is 44.2 Å². The highest BCUT2D eigenvalue weighted by molar-refractivity contribution is 6.38. The van der Waals surface area contributed by atoms with Gasteiger partial charge >= 0.3 is 0 Å². The maximum atomic E-state index is 13.2. The van der Waals surface area contributed by atoms with Crippen molar-refractivity contribution in [3.8, 4) is 28.4 Å². The standard InChI is InChI=1S/C23H19ClN2O5/c1-2-7-31-11-5-3-10(4-6-11)12-8-14(25)16-18(20(12)27)22(29)17-15(26)9-13(24)21(28)19(17)23(16)30/h3-6,8-9,27-28H,2,7,25-26H2,1H3. The molecule has 0 saturated carbocycles. The molecule has 6 N–H and O–H groups in total. The average molecular weight is 439 g/mol. The average Bonchev–Trinajstić information content (AvgIpc) is 2.74. The molecule has 0 unspecified atom stereocenters. The van der Waals surface area contributed by atoms with Crippen molar-refractivity contribution >= 4 is 34.5 Å². The van der Waals surface area contributed by atoms with Crippen molar-refractivity contribution in [1.82, 2.24) is 0 Å². The van der Waals surface area contributed by atoms with Crippen LogP contribution in [-0.2, 0) is 0 Å². The van der Waals surface area contributed by atoms with Crippen molar-refractivity contribution in [2.45, 2.75) is 13.3 Å². The number of phenolic OH excluding ortho intramolecular Hbond substituents is 2. The number of phenols is 2. The van der Waals surface area contributed by atoms with E-state index < -0.39 is 23.1 Å². The summed E-state index contributed by atoms with van der Waals surface area (Å²) in [4.78, 5) is 26.4. The summed E-state index contributed by atoms with van der Waals surface area (Å²) >= 11 is 5.93. The van der Waals surface area contributed by atoms with Crippen molar-refractivity contribution in [3.63, 3.8) is 0 Å². The van der Waals surface area contributed by atoms with Gasteiger partial charge < -0.3 is 26.4 Å². The highest BCUT2D eigenvalue weighted by Crippen LogP contribution is 2.46. The van der Waals surface area contributed by atoms with Gasteiger partial charge in [-0.1, -0.05) is 30.7 Å². The molecule has 8 heteroatoms. The molecule has 3 aromatic rings.